The predicted molar refractivity (Wildman–Crippen MR) is 70.2 cm³/mol. The quantitative estimate of drug-likeness (QED) is 0.813. The number of benzene rings is 1. The second kappa shape index (κ2) is 4.57. The number of nitrogens with two attached hydrogens (primary N) is 1. The summed E-state index contributed by atoms with van der Waals surface area (Å²) in [4.78, 5) is 11.9. The first-order valence-corrected chi connectivity index (χ1v) is 6.21. The molecule has 0 saturated heterocycles. The lowest BCUT2D eigenvalue weighted by Crippen LogP contribution is -2.39. The summed E-state index contributed by atoms with van der Waals surface area (Å²) in [5.74, 6) is -0.0820. The summed E-state index contributed by atoms with van der Waals surface area (Å²) in [5, 5.41) is 3.43. The molecule has 0 unspecified atom stereocenters. The molecule has 3 nitrogen and oxygen atoms in total. The van der Waals surface area contributed by atoms with Gasteiger partial charge in [0.1, 0.15) is 0 Å². The number of nitrogens with one attached hydrogen (secondary N) is 1. The van der Waals surface area contributed by atoms with Crippen molar-refractivity contribution in [1.82, 2.24) is 5.32 Å². The van der Waals surface area contributed by atoms with Gasteiger partial charge < -0.3 is 11.1 Å². The molecule has 0 atom stereocenters. The van der Waals surface area contributed by atoms with E-state index < -0.39 is 0 Å². The second-order valence-electron chi connectivity index (χ2n) is 5.08. The van der Waals surface area contributed by atoms with Gasteiger partial charge in [0.2, 0.25) is 0 Å². The summed E-state index contributed by atoms with van der Waals surface area (Å²) in [5.41, 5.74) is 6.95. The molecule has 1 aromatic carbocycles. The number of hydrogen-bond acceptors (Lipinski definition) is 2. The van der Waals surface area contributed by atoms with E-state index in [0.29, 0.717) is 16.3 Å². The Morgan fingerprint density at radius 2 is 2.24 bits per heavy atom. The summed E-state index contributed by atoms with van der Waals surface area (Å²) in [6.45, 7) is 2.93. The zero-order valence-corrected chi connectivity index (χ0v) is 10.7. The summed E-state index contributed by atoms with van der Waals surface area (Å²) in [7, 11) is 0. The number of rotatable bonds is 3. The number of halogens is 1. The molecule has 0 radical (unpaired) electrons. The van der Waals surface area contributed by atoms with E-state index in [1.54, 1.807) is 18.2 Å². The molecule has 17 heavy (non-hydrogen) atoms. The van der Waals surface area contributed by atoms with E-state index in [4.69, 9.17) is 17.3 Å². The fourth-order valence-electron chi connectivity index (χ4n) is 2.04. The van der Waals surface area contributed by atoms with Crippen LogP contribution in [-0.4, -0.2) is 12.5 Å². The molecule has 0 bridgehead atoms. The molecule has 1 aromatic rings. The molecule has 2 rings (SSSR count). The van der Waals surface area contributed by atoms with Gasteiger partial charge in [-0.1, -0.05) is 24.9 Å². The van der Waals surface area contributed by atoms with Crippen molar-refractivity contribution < 1.29 is 4.79 Å². The normalized spacial score (nSPS) is 17.3. The molecule has 1 aliphatic rings. The van der Waals surface area contributed by atoms with Crippen LogP contribution in [0.15, 0.2) is 18.2 Å². The molecular formula is C13H17ClN2O. The summed E-state index contributed by atoms with van der Waals surface area (Å²) < 4.78 is 0. The molecule has 1 aliphatic carbocycles. The average Bonchev–Trinajstić information content (AvgIpc) is 2.27. The Morgan fingerprint density at radius 1 is 1.53 bits per heavy atom. The van der Waals surface area contributed by atoms with Crippen LogP contribution in [0, 0.1) is 5.41 Å². The van der Waals surface area contributed by atoms with E-state index in [9.17, 15) is 4.79 Å². The summed E-state index contributed by atoms with van der Waals surface area (Å²) >= 11 is 5.81. The van der Waals surface area contributed by atoms with Crippen LogP contribution >= 0.6 is 11.6 Å². The molecule has 3 N–H and O–H groups in total. The number of hydrogen-bond donors (Lipinski definition) is 2. The largest absolute Gasteiger partial charge is 0.398 e. The molecule has 0 aromatic heterocycles. The van der Waals surface area contributed by atoms with Crippen LogP contribution in [0.2, 0.25) is 5.02 Å². The highest BCUT2D eigenvalue weighted by Crippen LogP contribution is 2.39. The maximum Gasteiger partial charge on any atom is 0.251 e. The fraction of sp³-hybridized carbons (Fsp3) is 0.462. The Bertz CT molecular complexity index is 441. The first kappa shape index (κ1) is 12.2. The van der Waals surface area contributed by atoms with Crippen molar-refractivity contribution in [2.45, 2.75) is 26.2 Å². The van der Waals surface area contributed by atoms with Gasteiger partial charge >= 0.3 is 0 Å². The van der Waals surface area contributed by atoms with Crippen LogP contribution in [-0.2, 0) is 0 Å². The van der Waals surface area contributed by atoms with Crippen molar-refractivity contribution in [3.8, 4) is 0 Å². The first-order chi connectivity index (χ1) is 8.00. The SMILES string of the molecule is CC1(CNC(=O)c2ccc(Cl)c(N)c2)CCC1. The lowest BCUT2D eigenvalue weighted by molar-refractivity contribution is 0.0891. The minimum Gasteiger partial charge on any atom is -0.398 e. The zero-order chi connectivity index (χ0) is 12.5. The summed E-state index contributed by atoms with van der Waals surface area (Å²) in [6.07, 6.45) is 3.65. The third-order valence-electron chi connectivity index (χ3n) is 3.49. The monoisotopic (exact) mass is 252 g/mol. The molecular weight excluding hydrogens is 236 g/mol. The van der Waals surface area contributed by atoms with Crippen molar-refractivity contribution in [2.24, 2.45) is 5.41 Å². The van der Waals surface area contributed by atoms with E-state index in [-0.39, 0.29) is 11.3 Å². The number of amides is 1. The van der Waals surface area contributed by atoms with Crippen molar-refractivity contribution in [3.63, 3.8) is 0 Å². The van der Waals surface area contributed by atoms with E-state index >= 15 is 0 Å². The Morgan fingerprint density at radius 3 is 2.76 bits per heavy atom. The van der Waals surface area contributed by atoms with Gasteiger partial charge in [-0.15, -0.1) is 0 Å². The van der Waals surface area contributed by atoms with Crippen molar-refractivity contribution >= 4 is 23.2 Å². The zero-order valence-electron chi connectivity index (χ0n) is 9.92. The fourth-order valence-corrected chi connectivity index (χ4v) is 2.16. The molecule has 92 valence electrons. The summed E-state index contributed by atoms with van der Waals surface area (Å²) in [6, 6.07) is 4.95. The highest BCUT2D eigenvalue weighted by molar-refractivity contribution is 6.33. The van der Waals surface area contributed by atoms with E-state index in [1.807, 2.05) is 0 Å². The highest BCUT2D eigenvalue weighted by atomic mass is 35.5. The van der Waals surface area contributed by atoms with Crippen LogP contribution in [0.4, 0.5) is 5.69 Å². The highest BCUT2D eigenvalue weighted by Gasteiger charge is 2.31. The number of carbonyl (C=O) groups is 1. The van der Waals surface area contributed by atoms with Gasteiger partial charge in [0.25, 0.3) is 5.91 Å². The number of anilines is 1. The Hall–Kier alpha value is -1.22. The molecule has 0 spiro atoms. The Balaban J connectivity index is 1.97. The van der Waals surface area contributed by atoms with Gasteiger partial charge in [0.15, 0.2) is 0 Å². The van der Waals surface area contributed by atoms with Crippen LogP contribution in [0.1, 0.15) is 36.5 Å². The molecule has 1 amide bonds. The van der Waals surface area contributed by atoms with Crippen LogP contribution in [0.25, 0.3) is 0 Å². The molecule has 1 fully saturated rings. The van der Waals surface area contributed by atoms with Crippen molar-refractivity contribution in [1.29, 1.82) is 0 Å². The van der Waals surface area contributed by atoms with Crippen LogP contribution in [0.3, 0.4) is 0 Å². The third kappa shape index (κ3) is 2.72. The lowest BCUT2D eigenvalue weighted by Gasteiger charge is -2.38. The van der Waals surface area contributed by atoms with Crippen LogP contribution in [0.5, 0.6) is 0 Å². The van der Waals surface area contributed by atoms with Gasteiger partial charge in [0, 0.05) is 12.1 Å². The van der Waals surface area contributed by atoms with E-state index in [0.717, 1.165) is 6.54 Å². The van der Waals surface area contributed by atoms with Gasteiger partial charge in [-0.05, 0) is 36.5 Å². The average molecular weight is 253 g/mol. The van der Waals surface area contributed by atoms with Crippen LogP contribution < -0.4 is 11.1 Å². The smallest absolute Gasteiger partial charge is 0.251 e. The van der Waals surface area contributed by atoms with E-state index in [1.165, 1.54) is 19.3 Å². The standard InChI is InChI=1S/C13H17ClN2O/c1-13(5-2-6-13)8-16-12(17)9-3-4-10(14)11(15)7-9/h3-4,7H,2,5-6,8,15H2,1H3,(H,16,17). The van der Waals surface area contributed by atoms with Gasteiger partial charge in [-0.25, -0.2) is 0 Å². The van der Waals surface area contributed by atoms with E-state index in [2.05, 4.69) is 12.2 Å². The van der Waals surface area contributed by atoms with Crippen molar-refractivity contribution in [3.05, 3.63) is 28.8 Å². The predicted octanol–water partition coefficient (Wildman–Crippen LogP) is 2.84. The van der Waals surface area contributed by atoms with Gasteiger partial charge in [-0.3, -0.25) is 4.79 Å². The maximum atomic E-state index is 11.9. The molecule has 4 heteroatoms. The topological polar surface area (TPSA) is 55.1 Å². The maximum absolute atomic E-state index is 11.9. The lowest BCUT2D eigenvalue weighted by atomic mass is 9.70. The Kier molecular flexibility index (Phi) is 3.29. The second-order valence-corrected chi connectivity index (χ2v) is 5.49. The van der Waals surface area contributed by atoms with Gasteiger partial charge in [-0.2, -0.15) is 0 Å². The first-order valence-electron chi connectivity index (χ1n) is 5.83. The number of nitrogen functional groups attached to an aromatic ring is 1. The molecule has 0 heterocycles. The van der Waals surface area contributed by atoms with Crippen molar-refractivity contribution in [2.75, 3.05) is 12.3 Å². The molecule has 0 aliphatic heterocycles. The Labute approximate surface area is 106 Å². The third-order valence-corrected chi connectivity index (χ3v) is 3.84. The minimum atomic E-state index is -0.0820. The number of carbonyl (C=O) groups excluding carboxylic acids is 1. The molecule has 1 saturated carbocycles. The minimum absolute atomic E-state index is 0.0820. The van der Waals surface area contributed by atoms with Gasteiger partial charge in [0.05, 0.1) is 10.7 Å².